The number of hydrogen-bond acceptors (Lipinski definition) is 2. The fourth-order valence-corrected chi connectivity index (χ4v) is 1.06. The SMILES string of the molecule is OCc1occc1C(Cl)Cl. The third-order valence-corrected chi connectivity index (χ3v) is 1.63. The second-order valence-electron chi connectivity index (χ2n) is 1.76. The zero-order valence-corrected chi connectivity index (χ0v) is 6.56. The highest BCUT2D eigenvalue weighted by molar-refractivity contribution is 6.44. The molecule has 0 aromatic carbocycles. The molecule has 1 rings (SSSR count). The predicted molar refractivity (Wildman–Crippen MR) is 39.1 cm³/mol. The summed E-state index contributed by atoms with van der Waals surface area (Å²) in [6, 6.07) is 1.64. The molecular formula is C6H6Cl2O2. The Balaban J connectivity index is 2.90. The van der Waals surface area contributed by atoms with Gasteiger partial charge in [0.1, 0.15) is 17.2 Å². The van der Waals surface area contributed by atoms with E-state index in [0.717, 1.165) is 0 Å². The van der Waals surface area contributed by atoms with Crippen LogP contribution in [0.5, 0.6) is 0 Å². The fraction of sp³-hybridized carbons (Fsp3) is 0.333. The molecule has 0 saturated heterocycles. The van der Waals surface area contributed by atoms with Gasteiger partial charge in [-0.1, -0.05) is 23.2 Å². The van der Waals surface area contributed by atoms with E-state index in [4.69, 9.17) is 32.7 Å². The molecule has 0 aliphatic heterocycles. The molecule has 0 bridgehead atoms. The second-order valence-corrected chi connectivity index (χ2v) is 2.85. The van der Waals surface area contributed by atoms with Gasteiger partial charge in [0.15, 0.2) is 0 Å². The first kappa shape index (κ1) is 7.92. The molecule has 0 atom stereocenters. The van der Waals surface area contributed by atoms with Crippen LogP contribution in [0.3, 0.4) is 0 Å². The third-order valence-electron chi connectivity index (χ3n) is 1.16. The quantitative estimate of drug-likeness (QED) is 0.709. The van der Waals surface area contributed by atoms with Gasteiger partial charge in [0.2, 0.25) is 0 Å². The van der Waals surface area contributed by atoms with E-state index in [2.05, 4.69) is 0 Å². The van der Waals surface area contributed by atoms with E-state index in [9.17, 15) is 0 Å². The summed E-state index contributed by atoms with van der Waals surface area (Å²) in [5.74, 6) is 0.426. The van der Waals surface area contributed by atoms with Gasteiger partial charge in [-0.15, -0.1) is 0 Å². The van der Waals surface area contributed by atoms with Gasteiger partial charge in [0, 0.05) is 5.56 Å². The number of halogens is 2. The highest BCUT2D eigenvalue weighted by Crippen LogP contribution is 2.28. The lowest BCUT2D eigenvalue weighted by Gasteiger charge is -1.97. The van der Waals surface area contributed by atoms with Crippen molar-refractivity contribution in [3.8, 4) is 0 Å². The zero-order valence-electron chi connectivity index (χ0n) is 5.05. The summed E-state index contributed by atoms with van der Waals surface area (Å²) in [4.78, 5) is -0.624. The summed E-state index contributed by atoms with van der Waals surface area (Å²) < 4.78 is 4.86. The number of alkyl halides is 2. The van der Waals surface area contributed by atoms with Gasteiger partial charge in [0.05, 0.1) is 6.26 Å². The lowest BCUT2D eigenvalue weighted by Crippen LogP contribution is -1.86. The van der Waals surface area contributed by atoms with Crippen LogP contribution in [0.2, 0.25) is 0 Å². The van der Waals surface area contributed by atoms with E-state index >= 15 is 0 Å². The molecule has 0 aliphatic carbocycles. The first-order valence-electron chi connectivity index (χ1n) is 2.71. The summed E-state index contributed by atoms with van der Waals surface area (Å²) in [5.41, 5.74) is 0.630. The molecule has 0 amide bonds. The van der Waals surface area contributed by atoms with Crippen molar-refractivity contribution in [2.45, 2.75) is 11.4 Å². The van der Waals surface area contributed by atoms with Crippen LogP contribution in [0.1, 0.15) is 16.2 Å². The van der Waals surface area contributed by atoms with Gasteiger partial charge in [-0.2, -0.15) is 0 Å². The molecule has 1 aromatic heterocycles. The number of hydrogen-bond donors (Lipinski definition) is 1. The van der Waals surface area contributed by atoms with Crippen molar-refractivity contribution in [1.29, 1.82) is 0 Å². The fourth-order valence-electron chi connectivity index (χ4n) is 0.673. The lowest BCUT2D eigenvalue weighted by molar-refractivity contribution is 0.246. The maximum atomic E-state index is 8.65. The molecule has 0 spiro atoms. The summed E-state index contributed by atoms with van der Waals surface area (Å²) >= 11 is 11.0. The van der Waals surface area contributed by atoms with Crippen LogP contribution < -0.4 is 0 Å². The van der Waals surface area contributed by atoms with Gasteiger partial charge < -0.3 is 9.52 Å². The Kier molecular flexibility index (Phi) is 2.60. The Morgan fingerprint density at radius 1 is 1.60 bits per heavy atom. The predicted octanol–water partition coefficient (Wildman–Crippen LogP) is 2.25. The minimum absolute atomic E-state index is 0.168. The standard InChI is InChI=1S/C6H6Cl2O2/c7-6(8)4-1-2-10-5(4)3-9/h1-2,6,9H,3H2. The van der Waals surface area contributed by atoms with Crippen molar-refractivity contribution in [2.24, 2.45) is 0 Å². The molecule has 1 N–H and O–H groups in total. The van der Waals surface area contributed by atoms with Gasteiger partial charge in [0.25, 0.3) is 0 Å². The van der Waals surface area contributed by atoms with E-state index in [-0.39, 0.29) is 6.61 Å². The lowest BCUT2D eigenvalue weighted by atomic mass is 10.3. The van der Waals surface area contributed by atoms with Crippen LogP contribution in [0, 0.1) is 0 Å². The second kappa shape index (κ2) is 3.28. The number of aliphatic hydroxyl groups excluding tert-OH is 1. The molecular weight excluding hydrogens is 175 g/mol. The van der Waals surface area contributed by atoms with Crippen molar-refractivity contribution in [3.63, 3.8) is 0 Å². The summed E-state index contributed by atoms with van der Waals surface area (Å²) in [6.45, 7) is -0.168. The van der Waals surface area contributed by atoms with E-state index in [1.165, 1.54) is 6.26 Å². The maximum Gasteiger partial charge on any atom is 0.136 e. The molecule has 0 unspecified atom stereocenters. The van der Waals surface area contributed by atoms with Crippen molar-refractivity contribution in [2.75, 3.05) is 0 Å². The topological polar surface area (TPSA) is 33.4 Å². The van der Waals surface area contributed by atoms with Crippen LogP contribution in [-0.4, -0.2) is 5.11 Å². The Bertz CT molecular complexity index is 207. The highest BCUT2D eigenvalue weighted by Gasteiger charge is 2.10. The molecule has 1 heterocycles. The Labute approximate surface area is 68.4 Å². The first-order valence-corrected chi connectivity index (χ1v) is 3.58. The van der Waals surface area contributed by atoms with Crippen LogP contribution in [0.15, 0.2) is 16.7 Å². The van der Waals surface area contributed by atoms with Crippen molar-refractivity contribution >= 4 is 23.2 Å². The van der Waals surface area contributed by atoms with E-state index < -0.39 is 4.84 Å². The zero-order chi connectivity index (χ0) is 7.56. The summed E-state index contributed by atoms with van der Waals surface area (Å²) in [7, 11) is 0. The van der Waals surface area contributed by atoms with E-state index in [1.807, 2.05) is 0 Å². The van der Waals surface area contributed by atoms with Crippen LogP contribution in [-0.2, 0) is 6.61 Å². The van der Waals surface area contributed by atoms with Crippen molar-refractivity contribution in [1.82, 2.24) is 0 Å². The third kappa shape index (κ3) is 1.45. The molecule has 0 saturated carbocycles. The van der Waals surface area contributed by atoms with Crippen molar-refractivity contribution < 1.29 is 9.52 Å². The van der Waals surface area contributed by atoms with E-state index in [0.29, 0.717) is 11.3 Å². The van der Waals surface area contributed by atoms with Gasteiger partial charge in [-0.25, -0.2) is 0 Å². The summed E-state index contributed by atoms with van der Waals surface area (Å²) in [6.07, 6.45) is 1.44. The Morgan fingerprint density at radius 2 is 2.30 bits per heavy atom. The first-order chi connectivity index (χ1) is 4.75. The Hall–Kier alpha value is -0.180. The van der Waals surface area contributed by atoms with Gasteiger partial charge in [-0.3, -0.25) is 0 Å². The number of furan rings is 1. The van der Waals surface area contributed by atoms with Crippen LogP contribution in [0.4, 0.5) is 0 Å². The monoisotopic (exact) mass is 180 g/mol. The molecule has 2 nitrogen and oxygen atoms in total. The number of rotatable bonds is 2. The average molecular weight is 181 g/mol. The van der Waals surface area contributed by atoms with Crippen LogP contribution >= 0.6 is 23.2 Å². The normalized spacial score (nSPS) is 10.8. The molecule has 4 heteroatoms. The molecule has 56 valence electrons. The largest absolute Gasteiger partial charge is 0.467 e. The smallest absolute Gasteiger partial charge is 0.136 e. The molecule has 0 fully saturated rings. The molecule has 0 radical (unpaired) electrons. The minimum atomic E-state index is -0.624. The minimum Gasteiger partial charge on any atom is -0.467 e. The van der Waals surface area contributed by atoms with Crippen molar-refractivity contribution in [3.05, 3.63) is 23.7 Å². The highest BCUT2D eigenvalue weighted by atomic mass is 35.5. The molecule has 10 heavy (non-hydrogen) atoms. The Morgan fingerprint density at radius 3 is 2.70 bits per heavy atom. The van der Waals surface area contributed by atoms with Gasteiger partial charge in [-0.05, 0) is 6.07 Å². The van der Waals surface area contributed by atoms with Crippen LogP contribution in [0.25, 0.3) is 0 Å². The van der Waals surface area contributed by atoms with Gasteiger partial charge >= 0.3 is 0 Å². The molecule has 1 aromatic rings. The summed E-state index contributed by atoms with van der Waals surface area (Å²) in [5, 5.41) is 8.65. The average Bonchev–Trinajstić information content (AvgIpc) is 2.33. The maximum absolute atomic E-state index is 8.65. The van der Waals surface area contributed by atoms with E-state index in [1.54, 1.807) is 6.07 Å². The molecule has 0 aliphatic rings. The number of aliphatic hydroxyl groups is 1.